The Kier molecular flexibility index (Phi) is 4.37. The molecule has 2 aromatic heterocycles. The van der Waals surface area contributed by atoms with Gasteiger partial charge in [-0.15, -0.1) is 11.3 Å². The van der Waals surface area contributed by atoms with E-state index in [-0.39, 0.29) is 23.9 Å². The van der Waals surface area contributed by atoms with Crippen molar-refractivity contribution in [1.29, 1.82) is 0 Å². The molecule has 1 N–H and O–H groups in total. The normalized spacial score (nSPS) is 10.4. The number of H-pyrrole nitrogens is 1. The van der Waals surface area contributed by atoms with Gasteiger partial charge < -0.3 is 9.72 Å². The van der Waals surface area contributed by atoms with Gasteiger partial charge >= 0.3 is 5.97 Å². The minimum Gasteiger partial charge on any atom is -0.453 e. The van der Waals surface area contributed by atoms with Crippen LogP contribution in [0.2, 0.25) is 0 Å². The molecule has 0 unspecified atom stereocenters. The number of esters is 1. The molecule has 2 rings (SSSR count). The van der Waals surface area contributed by atoms with E-state index in [4.69, 9.17) is 4.74 Å². The Labute approximate surface area is 125 Å². The van der Waals surface area contributed by atoms with Crippen molar-refractivity contribution in [2.75, 3.05) is 6.61 Å². The lowest BCUT2D eigenvalue weighted by Crippen LogP contribution is -2.14. The number of nitrogens with one attached hydrogen (secondary N) is 1. The highest BCUT2D eigenvalue weighted by atomic mass is 32.1. The molecule has 0 radical (unpaired) electrons. The molecular formula is C15H15NO4S. The highest BCUT2D eigenvalue weighted by Gasteiger charge is 2.21. The summed E-state index contributed by atoms with van der Waals surface area (Å²) in [5, 5.41) is 1.78. The predicted molar refractivity (Wildman–Crippen MR) is 79.2 cm³/mol. The fraction of sp³-hybridized carbons (Fsp3) is 0.267. The number of carbonyl (C=O) groups excluding carboxylic acids is 3. The molecule has 0 spiro atoms. The molecule has 2 aromatic rings. The minimum absolute atomic E-state index is 0.116. The zero-order valence-corrected chi connectivity index (χ0v) is 12.8. The summed E-state index contributed by atoms with van der Waals surface area (Å²) in [6, 6.07) is 3.44. The van der Waals surface area contributed by atoms with Gasteiger partial charge in [-0.25, -0.2) is 4.79 Å². The van der Waals surface area contributed by atoms with E-state index < -0.39 is 5.97 Å². The van der Waals surface area contributed by atoms with E-state index in [2.05, 4.69) is 4.98 Å². The Balaban J connectivity index is 2.09. The fourth-order valence-corrected chi connectivity index (χ4v) is 2.85. The lowest BCUT2D eigenvalue weighted by molar-refractivity contribution is 0.0470. The molecule has 110 valence electrons. The summed E-state index contributed by atoms with van der Waals surface area (Å²) in [4.78, 5) is 38.7. The van der Waals surface area contributed by atoms with Gasteiger partial charge in [-0.1, -0.05) is 6.07 Å². The molecule has 0 saturated heterocycles. The Morgan fingerprint density at radius 3 is 2.52 bits per heavy atom. The number of thiophene rings is 1. The molecule has 0 aliphatic heterocycles. The topological polar surface area (TPSA) is 76.2 Å². The van der Waals surface area contributed by atoms with Crippen LogP contribution in [0.4, 0.5) is 0 Å². The average Bonchev–Trinajstić information content (AvgIpc) is 3.03. The molecule has 2 heterocycles. The molecular weight excluding hydrogens is 290 g/mol. The van der Waals surface area contributed by atoms with Crippen LogP contribution in [-0.2, 0) is 4.74 Å². The van der Waals surface area contributed by atoms with E-state index in [1.807, 2.05) is 0 Å². The lowest BCUT2D eigenvalue weighted by atomic mass is 10.1. The first kappa shape index (κ1) is 15.2. The number of hydrogen-bond donors (Lipinski definition) is 1. The van der Waals surface area contributed by atoms with Crippen LogP contribution in [0.3, 0.4) is 0 Å². The molecule has 0 saturated carbocycles. The van der Waals surface area contributed by atoms with Crippen molar-refractivity contribution in [1.82, 2.24) is 4.98 Å². The maximum absolute atomic E-state index is 12.0. The largest absolute Gasteiger partial charge is 0.453 e. The fourth-order valence-electron chi connectivity index (χ4n) is 2.19. The zero-order chi connectivity index (χ0) is 15.6. The first-order valence-electron chi connectivity index (χ1n) is 6.35. The van der Waals surface area contributed by atoms with Gasteiger partial charge in [-0.05, 0) is 37.8 Å². The number of rotatable bonds is 5. The summed E-state index contributed by atoms with van der Waals surface area (Å²) >= 11 is 1.30. The number of hydrogen-bond acceptors (Lipinski definition) is 5. The summed E-state index contributed by atoms with van der Waals surface area (Å²) in [7, 11) is 0. The highest BCUT2D eigenvalue weighted by molar-refractivity contribution is 7.12. The van der Waals surface area contributed by atoms with Gasteiger partial charge in [-0.2, -0.15) is 0 Å². The SMILES string of the molecule is CC(=O)c1c(C)[nH]c(C(=O)OCC(=O)c2cccs2)c1C. The van der Waals surface area contributed by atoms with Gasteiger partial charge in [0.25, 0.3) is 0 Å². The molecule has 6 heteroatoms. The maximum atomic E-state index is 12.0. The van der Waals surface area contributed by atoms with E-state index >= 15 is 0 Å². The van der Waals surface area contributed by atoms with Gasteiger partial charge in [-0.3, -0.25) is 9.59 Å². The van der Waals surface area contributed by atoms with Crippen molar-refractivity contribution in [3.63, 3.8) is 0 Å². The van der Waals surface area contributed by atoms with Crippen LogP contribution >= 0.6 is 11.3 Å². The van der Waals surface area contributed by atoms with E-state index in [0.29, 0.717) is 21.7 Å². The van der Waals surface area contributed by atoms with Crippen LogP contribution in [0.5, 0.6) is 0 Å². The quantitative estimate of drug-likeness (QED) is 0.680. The zero-order valence-electron chi connectivity index (χ0n) is 12.0. The average molecular weight is 305 g/mol. The van der Waals surface area contributed by atoms with Crippen molar-refractivity contribution in [3.05, 3.63) is 44.9 Å². The number of aryl methyl sites for hydroxylation is 1. The molecule has 0 fully saturated rings. The molecule has 0 amide bonds. The van der Waals surface area contributed by atoms with Crippen molar-refractivity contribution in [3.8, 4) is 0 Å². The molecule has 21 heavy (non-hydrogen) atoms. The van der Waals surface area contributed by atoms with E-state index in [1.54, 1.807) is 31.4 Å². The third-order valence-electron chi connectivity index (χ3n) is 3.12. The summed E-state index contributed by atoms with van der Waals surface area (Å²) in [6.45, 7) is 4.53. The number of Topliss-reactive ketones (excluding diaryl/α,β-unsaturated/α-hetero) is 2. The van der Waals surface area contributed by atoms with Crippen molar-refractivity contribution in [2.45, 2.75) is 20.8 Å². The van der Waals surface area contributed by atoms with Crippen LogP contribution in [0.1, 0.15) is 48.7 Å². The molecule has 0 atom stereocenters. The van der Waals surface area contributed by atoms with Crippen molar-refractivity contribution in [2.24, 2.45) is 0 Å². The Hall–Kier alpha value is -2.21. The maximum Gasteiger partial charge on any atom is 0.355 e. The highest BCUT2D eigenvalue weighted by Crippen LogP contribution is 2.19. The number of aromatic nitrogens is 1. The van der Waals surface area contributed by atoms with Crippen LogP contribution in [-0.4, -0.2) is 29.1 Å². The second kappa shape index (κ2) is 6.05. The first-order valence-corrected chi connectivity index (χ1v) is 7.23. The second-order valence-corrected chi connectivity index (χ2v) is 5.61. The van der Waals surface area contributed by atoms with E-state index in [0.717, 1.165) is 0 Å². The smallest absolute Gasteiger partial charge is 0.355 e. The molecule has 0 aliphatic carbocycles. The molecule has 0 bridgehead atoms. The number of ether oxygens (including phenoxy) is 1. The van der Waals surface area contributed by atoms with Gasteiger partial charge in [0.05, 0.1) is 4.88 Å². The van der Waals surface area contributed by atoms with Crippen LogP contribution in [0.25, 0.3) is 0 Å². The first-order chi connectivity index (χ1) is 9.91. The van der Waals surface area contributed by atoms with Gasteiger partial charge in [0.15, 0.2) is 12.4 Å². The number of ketones is 2. The predicted octanol–water partition coefficient (Wildman–Crippen LogP) is 2.94. The third-order valence-corrected chi connectivity index (χ3v) is 4.03. The number of aromatic amines is 1. The van der Waals surface area contributed by atoms with E-state index in [9.17, 15) is 14.4 Å². The third kappa shape index (κ3) is 3.11. The van der Waals surface area contributed by atoms with Crippen molar-refractivity contribution < 1.29 is 19.1 Å². The van der Waals surface area contributed by atoms with Gasteiger partial charge in [0.1, 0.15) is 5.69 Å². The summed E-state index contributed by atoms with van der Waals surface area (Å²) in [5.74, 6) is -0.992. The lowest BCUT2D eigenvalue weighted by Gasteiger charge is -2.03. The summed E-state index contributed by atoms with van der Waals surface area (Å²) < 4.78 is 5.02. The Bertz CT molecular complexity index is 698. The summed E-state index contributed by atoms with van der Waals surface area (Å²) in [5.41, 5.74) is 1.88. The Morgan fingerprint density at radius 1 is 1.29 bits per heavy atom. The minimum atomic E-state index is -0.631. The molecule has 0 aliphatic rings. The summed E-state index contributed by atoms with van der Waals surface area (Å²) in [6.07, 6.45) is 0. The molecule has 5 nitrogen and oxygen atoms in total. The second-order valence-electron chi connectivity index (χ2n) is 4.66. The van der Waals surface area contributed by atoms with Crippen LogP contribution in [0, 0.1) is 13.8 Å². The number of carbonyl (C=O) groups is 3. The van der Waals surface area contributed by atoms with Gasteiger partial charge in [0, 0.05) is 11.3 Å². The van der Waals surface area contributed by atoms with Crippen LogP contribution < -0.4 is 0 Å². The van der Waals surface area contributed by atoms with Crippen LogP contribution in [0.15, 0.2) is 17.5 Å². The Morgan fingerprint density at radius 2 is 2.00 bits per heavy atom. The van der Waals surface area contributed by atoms with E-state index in [1.165, 1.54) is 18.3 Å². The monoisotopic (exact) mass is 305 g/mol. The molecule has 0 aromatic carbocycles. The standard InChI is InChI=1S/C15H15NO4S/c1-8-13(10(3)17)9(2)16-14(8)15(19)20-7-11(18)12-5-4-6-21-12/h4-6,16H,7H2,1-3H3. The van der Waals surface area contributed by atoms with Gasteiger partial charge in [0.2, 0.25) is 5.78 Å². The van der Waals surface area contributed by atoms with Crippen molar-refractivity contribution >= 4 is 28.9 Å².